The number of hydrogen-bond acceptors (Lipinski definition) is 9. The van der Waals surface area contributed by atoms with Crippen LogP contribution in [0.1, 0.15) is 19.4 Å². The van der Waals surface area contributed by atoms with Crippen molar-refractivity contribution >= 4 is 28.0 Å². The number of ether oxygens (including phenoxy) is 2. The molecule has 5 rings (SSSR count). The molecule has 0 radical (unpaired) electrons. The number of nitrogens with zero attached hydrogens (tertiary/aromatic N) is 2. The van der Waals surface area contributed by atoms with E-state index in [9.17, 15) is 19.5 Å². The summed E-state index contributed by atoms with van der Waals surface area (Å²) in [6.07, 6.45) is -0.349. The summed E-state index contributed by atoms with van der Waals surface area (Å²) in [6, 6.07) is 11.4. The zero-order valence-electron chi connectivity index (χ0n) is 21.2. The third-order valence-corrected chi connectivity index (χ3v) is 6.58. The van der Waals surface area contributed by atoms with Crippen LogP contribution in [-0.2, 0) is 11.3 Å². The predicted molar refractivity (Wildman–Crippen MR) is 141 cm³/mol. The summed E-state index contributed by atoms with van der Waals surface area (Å²) in [4.78, 5) is 41.5. The highest BCUT2D eigenvalue weighted by atomic mass is 16.6. The molecule has 0 bridgehead atoms. The molecule has 1 N–H and O–H groups in total. The quantitative estimate of drug-likeness (QED) is 0.377. The lowest BCUT2D eigenvalue weighted by Crippen LogP contribution is -2.48. The first-order chi connectivity index (χ1) is 18.4. The van der Waals surface area contributed by atoms with Crippen LogP contribution in [0.25, 0.3) is 33.1 Å². The molecule has 10 nitrogen and oxygen atoms in total. The van der Waals surface area contributed by atoms with Gasteiger partial charge in [0.1, 0.15) is 11.3 Å². The molecule has 2 aromatic carbocycles. The van der Waals surface area contributed by atoms with Gasteiger partial charge in [-0.2, -0.15) is 0 Å². The molecule has 1 fully saturated rings. The molecule has 1 aliphatic rings. The fraction of sp³-hybridized carbons (Fsp3) is 0.321. The molecular formula is C28H28N2O8. The van der Waals surface area contributed by atoms with E-state index in [2.05, 4.69) is 4.90 Å². The summed E-state index contributed by atoms with van der Waals surface area (Å²) in [5.41, 5.74) is 0.217. The van der Waals surface area contributed by atoms with E-state index in [1.54, 1.807) is 42.2 Å². The molecule has 3 heterocycles. The summed E-state index contributed by atoms with van der Waals surface area (Å²) in [5.74, 6) is 0.430. The van der Waals surface area contributed by atoms with Crippen LogP contribution in [-0.4, -0.2) is 60.4 Å². The van der Waals surface area contributed by atoms with Gasteiger partial charge in [-0.05, 0) is 38.1 Å². The predicted octanol–water partition coefficient (Wildman–Crippen LogP) is 3.94. The number of hydrogen-bond donors (Lipinski definition) is 1. The van der Waals surface area contributed by atoms with E-state index in [1.807, 2.05) is 6.92 Å². The first-order valence-electron chi connectivity index (χ1n) is 12.5. The van der Waals surface area contributed by atoms with E-state index in [-0.39, 0.29) is 29.5 Å². The number of benzene rings is 2. The smallest absolute Gasteiger partial charge is 0.409 e. The van der Waals surface area contributed by atoms with Crippen molar-refractivity contribution in [3.8, 4) is 22.6 Å². The first kappa shape index (κ1) is 25.3. The van der Waals surface area contributed by atoms with Crippen LogP contribution in [0.4, 0.5) is 4.79 Å². The zero-order valence-corrected chi connectivity index (χ0v) is 21.2. The van der Waals surface area contributed by atoms with Crippen LogP contribution in [0.5, 0.6) is 11.5 Å². The highest BCUT2D eigenvalue weighted by Gasteiger charge is 2.25. The second-order valence-corrected chi connectivity index (χ2v) is 8.94. The third-order valence-electron chi connectivity index (χ3n) is 6.58. The largest absolute Gasteiger partial charge is 0.507 e. The standard InChI is InChI=1S/C28H28N2O8/c1-3-35-23-7-5-6-17-14-20(27(33)38-25(17)23)19-15-24(32)37-26-18(19)8-9-22(31)21(26)16-29-10-12-30(13-11-29)28(34)36-4-2/h5-9,14-15,31H,3-4,10-13,16H2,1-2H3. The number of amides is 1. The number of piperazine rings is 1. The SMILES string of the molecule is CCOC(=O)N1CCN(Cc2c(O)ccc3c(-c4cc5cccc(OCC)c5oc4=O)cc(=O)oc23)CC1. The average Bonchev–Trinajstić information content (AvgIpc) is 2.91. The van der Waals surface area contributed by atoms with Gasteiger partial charge in [0.2, 0.25) is 0 Å². The number of aromatic hydroxyl groups is 1. The molecular weight excluding hydrogens is 492 g/mol. The van der Waals surface area contributed by atoms with Crippen molar-refractivity contribution in [2.45, 2.75) is 20.4 Å². The summed E-state index contributed by atoms with van der Waals surface area (Å²) in [7, 11) is 0. The summed E-state index contributed by atoms with van der Waals surface area (Å²) >= 11 is 0. The zero-order chi connectivity index (χ0) is 26.8. The minimum absolute atomic E-state index is 0.0301. The summed E-state index contributed by atoms with van der Waals surface area (Å²) < 4.78 is 21.9. The minimum atomic E-state index is -0.658. The van der Waals surface area contributed by atoms with Gasteiger partial charge in [0.05, 0.1) is 24.3 Å². The molecule has 198 valence electrons. The third kappa shape index (κ3) is 4.82. The van der Waals surface area contributed by atoms with Gasteiger partial charge in [-0.1, -0.05) is 12.1 Å². The topological polar surface area (TPSA) is 123 Å². The molecule has 0 atom stereocenters. The van der Waals surface area contributed by atoms with Crippen molar-refractivity contribution in [2.75, 3.05) is 39.4 Å². The van der Waals surface area contributed by atoms with E-state index in [1.165, 1.54) is 12.1 Å². The van der Waals surface area contributed by atoms with Gasteiger partial charge < -0.3 is 28.3 Å². The van der Waals surface area contributed by atoms with Gasteiger partial charge in [0, 0.05) is 55.1 Å². The Labute approximate surface area is 217 Å². The Bertz CT molecular complexity index is 1620. The molecule has 0 aliphatic carbocycles. The van der Waals surface area contributed by atoms with Crippen LogP contribution in [0.3, 0.4) is 0 Å². The van der Waals surface area contributed by atoms with Crippen LogP contribution in [0.2, 0.25) is 0 Å². The molecule has 2 aromatic heterocycles. The highest BCUT2D eigenvalue weighted by Crippen LogP contribution is 2.35. The first-order valence-corrected chi connectivity index (χ1v) is 12.5. The Morgan fingerprint density at radius 2 is 1.74 bits per heavy atom. The lowest BCUT2D eigenvalue weighted by atomic mass is 9.99. The van der Waals surface area contributed by atoms with E-state index in [4.69, 9.17) is 18.3 Å². The number of carbonyl (C=O) groups is 1. The molecule has 4 aromatic rings. The second kappa shape index (κ2) is 10.6. The monoisotopic (exact) mass is 520 g/mol. The maximum atomic E-state index is 13.1. The van der Waals surface area contributed by atoms with Gasteiger partial charge in [0.25, 0.3) is 0 Å². The Hall–Kier alpha value is -4.31. The van der Waals surface area contributed by atoms with E-state index < -0.39 is 11.3 Å². The molecule has 0 spiro atoms. The van der Waals surface area contributed by atoms with Crippen molar-refractivity contribution in [3.63, 3.8) is 0 Å². The van der Waals surface area contributed by atoms with E-state index in [0.717, 1.165) is 0 Å². The summed E-state index contributed by atoms with van der Waals surface area (Å²) in [5, 5.41) is 11.9. The Balaban J connectivity index is 1.53. The minimum Gasteiger partial charge on any atom is -0.507 e. The van der Waals surface area contributed by atoms with Crippen molar-refractivity contribution in [2.24, 2.45) is 0 Å². The molecule has 0 unspecified atom stereocenters. The number of phenols is 1. The fourth-order valence-electron chi connectivity index (χ4n) is 4.75. The maximum absolute atomic E-state index is 13.1. The van der Waals surface area contributed by atoms with Gasteiger partial charge in [0.15, 0.2) is 11.3 Å². The fourth-order valence-corrected chi connectivity index (χ4v) is 4.75. The summed E-state index contributed by atoms with van der Waals surface area (Å²) in [6.45, 7) is 6.67. The van der Waals surface area contributed by atoms with E-state index in [0.29, 0.717) is 72.6 Å². The van der Waals surface area contributed by atoms with Crippen LogP contribution < -0.4 is 16.0 Å². The van der Waals surface area contributed by atoms with Crippen molar-refractivity contribution < 1.29 is 28.2 Å². The van der Waals surface area contributed by atoms with Gasteiger partial charge in [-0.25, -0.2) is 14.4 Å². The lowest BCUT2D eigenvalue weighted by Gasteiger charge is -2.34. The average molecular weight is 521 g/mol. The van der Waals surface area contributed by atoms with Crippen molar-refractivity contribution in [1.29, 1.82) is 0 Å². The van der Waals surface area contributed by atoms with Crippen LogP contribution in [0, 0.1) is 0 Å². The van der Waals surface area contributed by atoms with Crippen LogP contribution in [0.15, 0.2) is 60.9 Å². The molecule has 1 amide bonds. The van der Waals surface area contributed by atoms with Crippen molar-refractivity contribution in [3.05, 3.63) is 68.9 Å². The Kier molecular flexibility index (Phi) is 7.06. The molecule has 0 saturated carbocycles. The number of para-hydroxylation sites is 1. The normalized spacial score (nSPS) is 14.2. The highest BCUT2D eigenvalue weighted by molar-refractivity contribution is 5.97. The van der Waals surface area contributed by atoms with Crippen molar-refractivity contribution in [1.82, 2.24) is 9.80 Å². The molecule has 1 aliphatic heterocycles. The van der Waals surface area contributed by atoms with Gasteiger partial charge >= 0.3 is 17.3 Å². The molecule has 1 saturated heterocycles. The maximum Gasteiger partial charge on any atom is 0.409 e. The number of rotatable bonds is 6. The van der Waals surface area contributed by atoms with E-state index >= 15 is 0 Å². The number of phenolic OH excluding ortho intramolecular Hbond substituents is 1. The number of carbonyl (C=O) groups excluding carboxylic acids is 1. The van der Waals surface area contributed by atoms with Gasteiger partial charge in [-0.15, -0.1) is 0 Å². The number of fused-ring (bicyclic) bond motifs is 2. The lowest BCUT2D eigenvalue weighted by molar-refractivity contribution is 0.0776. The second-order valence-electron chi connectivity index (χ2n) is 8.94. The van der Waals surface area contributed by atoms with Crippen LogP contribution >= 0.6 is 0 Å². The molecule has 38 heavy (non-hydrogen) atoms. The molecule has 10 heteroatoms. The Morgan fingerprint density at radius 3 is 2.47 bits per heavy atom. The Morgan fingerprint density at radius 1 is 0.947 bits per heavy atom. The van der Waals surface area contributed by atoms with Gasteiger partial charge in [-0.3, -0.25) is 4.90 Å².